The van der Waals surface area contributed by atoms with E-state index in [-0.39, 0.29) is 6.61 Å². The number of ether oxygens (including phenoxy) is 1. The van der Waals surface area contributed by atoms with E-state index in [0.717, 1.165) is 11.1 Å². The van der Waals surface area contributed by atoms with Crippen molar-refractivity contribution in [2.45, 2.75) is 13.5 Å². The molecule has 1 N–H and O–H groups in total. The topological polar surface area (TPSA) is 55.4 Å². The molecular weight excluding hydrogens is 254 g/mol. The average molecular weight is 269 g/mol. The van der Waals surface area contributed by atoms with Crippen molar-refractivity contribution in [1.29, 1.82) is 0 Å². The zero-order valence-electron chi connectivity index (χ0n) is 11.1. The first kappa shape index (κ1) is 13.8. The van der Waals surface area contributed by atoms with Gasteiger partial charge in [0.2, 0.25) is 0 Å². The summed E-state index contributed by atoms with van der Waals surface area (Å²) < 4.78 is 4.99. The molecule has 2 amide bonds. The molecular formula is C16H15NO3. The van der Waals surface area contributed by atoms with Gasteiger partial charge in [-0.25, -0.2) is 4.79 Å². The van der Waals surface area contributed by atoms with Gasteiger partial charge in [-0.1, -0.05) is 48.5 Å². The van der Waals surface area contributed by atoms with Crippen LogP contribution < -0.4 is 5.32 Å². The molecule has 0 atom stereocenters. The number of rotatable bonds is 3. The Labute approximate surface area is 117 Å². The first-order chi connectivity index (χ1) is 9.66. The molecule has 0 spiro atoms. The molecule has 4 heteroatoms. The number of nitrogens with one attached hydrogen (secondary N) is 1. The Kier molecular flexibility index (Phi) is 4.50. The van der Waals surface area contributed by atoms with Crippen LogP contribution in [0.4, 0.5) is 4.79 Å². The maximum absolute atomic E-state index is 11.9. The summed E-state index contributed by atoms with van der Waals surface area (Å²) in [5, 5.41) is 2.21. The van der Waals surface area contributed by atoms with Gasteiger partial charge in [0.05, 0.1) is 0 Å². The van der Waals surface area contributed by atoms with Gasteiger partial charge >= 0.3 is 6.09 Å². The van der Waals surface area contributed by atoms with Crippen LogP contribution in [0.2, 0.25) is 0 Å². The Balaban J connectivity index is 1.89. The molecule has 4 nitrogen and oxygen atoms in total. The fourth-order valence-electron chi connectivity index (χ4n) is 1.75. The van der Waals surface area contributed by atoms with E-state index >= 15 is 0 Å². The van der Waals surface area contributed by atoms with Gasteiger partial charge in [0, 0.05) is 5.56 Å². The Hall–Kier alpha value is -2.62. The number of hydrogen-bond donors (Lipinski definition) is 1. The maximum Gasteiger partial charge on any atom is 0.414 e. The summed E-state index contributed by atoms with van der Waals surface area (Å²) in [6.45, 7) is 1.94. The molecule has 2 rings (SSSR count). The highest BCUT2D eigenvalue weighted by Crippen LogP contribution is 2.07. The largest absolute Gasteiger partial charge is 0.444 e. The fourth-order valence-corrected chi connectivity index (χ4v) is 1.75. The van der Waals surface area contributed by atoms with Crippen LogP contribution in [0.3, 0.4) is 0 Å². The third-order valence-electron chi connectivity index (χ3n) is 2.82. The molecule has 0 aromatic heterocycles. The molecule has 102 valence electrons. The van der Waals surface area contributed by atoms with Gasteiger partial charge < -0.3 is 4.74 Å². The van der Waals surface area contributed by atoms with Gasteiger partial charge in [-0.15, -0.1) is 0 Å². The zero-order chi connectivity index (χ0) is 14.4. The molecule has 0 bridgehead atoms. The highest BCUT2D eigenvalue weighted by atomic mass is 16.5. The Morgan fingerprint density at radius 3 is 2.35 bits per heavy atom. The second kappa shape index (κ2) is 6.52. The molecule has 0 unspecified atom stereocenters. The number of hydrogen-bond acceptors (Lipinski definition) is 3. The second-order valence-corrected chi connectivity index (χ2v) is 4.33. The van der Waals surface area contributed by atoms with Crippen LogP contribution in [0.15, 0.2) is 54.6 Å². The van der Waals surface area contributed by atoms with E-state index < -0.39 is 12.0 Å². The molecule has 0 saturated carbocycles. The van der Waals surface area contributed by atoms with E-state index in [1.165, 1.54) is 0 Å². The summed E-state index contributed by atoms with van der Waals surface area (Å²) in [6.07, 6.45) is -0.748. The highest BCUT2D eigenvalue weighted by molar-refractivity contribution is 6.03. The summed E-state index contributed by atoms with van der Waals surface area (Å²) in [4.78, 5) is 23.4. The number of benzene rings is 2. The highest BCUT2D eigenvalue weighted by Gasteiger charge is 2.12. The summed E-state index contributed by atoms with van der Waals surface area (Å²) in [5.41, 5.74) is 2.14. The number of carbonyl (C=O) groups is 2. The van der Waals surface area contributed by atoms with Crippen molar-refractivity contribution < 1.29 is 14.3 Å². The second-order valence-electron chi connectivity index (χ2n) is 4.33. The lowest BCUT2D eigenvalue weighted by Crippen LogP contribution is -2.31. The van der Waals surface area contributed by atoms with Gasteiger partial charge in [-0.05, 0) is 24.1 Å². The minimum Gasteiger partial charge on any atom is -0.444 e. The summed E-state index contributed by atoms with van der Waals surface area (Å²) in [7, 11) is 0. The van der Waals surface area contributed by atoms with Gasteiger partial charge in [-0.3, -0.25) is 10.1 Å². The van der Waals surface area contributed by atoms with Gasteiger partial charge in [-0.2, -0.15) is 0 Å². The number of amides is 2. The predicted octanol–water partition coefficient (Wildman–Crippen LogP) is 3.06. The minimum absolute atomic E-state index is 0.133. The van der Waals surface area contributed by atoms with Crippen molar-refractivity contribution >= 4 is 12.0 Å². The summed E-state index contributed by atoms with van der Waals surface area (Å²) in [6, 6.07) is 16.3. The average Bonchev–Trinajstić information content (AvgIpc) is 2.46. The molecule has 0 heterocycles. The van der Waals surface area contributed by atoms with Crippen LogP contribution in [0.5, 0.6) is 0 Å². The number of alkyl carbamates (subject to hydrolysis) is 1. The van der Waals surface area contributed by atoms with E-state index in [4.69, 9.17) is 4.74 Å². The normalized spacial score (nSPS) is 9.85. The van der Waals surface area contributed by atoms with E-state index in [0.29, 0.717) is 5.56 Å². The molecule has 0 aliphatic carbocycles. The molecule has 20 heavy (non-hydrogen) atoms. The molecule has 2 aromatic rings. The van der Waals surface area contributed by atoms with Crippen LogP contribution >= 0.6 is 0 Å². The van der Waals surface area contributed by atoms with Crippen LogP contribution in [-0.2, 0) is 11.3 Å². The Morgan fingerprint density at radius 2 is 1.65 bits per heavy atom. The third-order valence-corrected chi connectivity index (χ3v) is 2.82. The molecule has 0 saturated heterocycles. The van der Waals surface area contributed by atoms with Crippen LogP contribution in [0, 0.1) is 6.92 Å². The lowest BCUT2D eigenvalue weighted by atomic mass is 10.1. The number of imide groups is 1. The van der Waals surface area contributed by atoms with Crippen molar-refractivity contribution in [3.63, 3.8) is 0 Å². The molecule has 0 fully saturated rings. The Morgan fingerprint density at radius 1 is 1.00 bits per heavy atom. The van der Waals surface area contributed by atoms with Crippen molar-refractivity contribution in [3.8, 4) is 0 Å². The van der Waals surface area contributed by atoms with Gasteiger partial charge in [0.1, 0.15) is 6.61 Å². The monoisotopic (exact) mass is 269 g/mol. The van der Waals surface area contributed by atoms with Crippen molar-refractivity contribution in [1.82, 2.24) is 5.32 Å². The fraction of sp³-hybridized carbons (Fsp3) is 0.125. The summed E-state index contributed by atoms with van der Waals surface area (Å²) in [5.74, 6) is -0.457. The zero-order valence-corrected chi connectivity index (χ0v) is 11.1. The number of carbonyl (C=O) groups excluding carboxylic acids is 2. The van der Waals surface area contributed by atoms with E-state index in [1.54, 1.807) is 12.1 Å². The van der Waals surface area contributed by atoms with Crippen molar-refractivity contribution in [3.05, 3.63) is 71.3 Å². The van der Waals surface area contributed by atoms with Gasteiger partial charge in [0.15, 0.2) is 0 Å². The predicted molar refractivity (Wildman–Crippen MR) is 75.3 cm³/mol. The maximum atomic E-state index is 11.9. The lowest BCUT2D eigenvalue weighted by Gasteiger charge is -2.07. The van der Waals surface area contributed by atoms with E-state index in [1.807, 2.05) is 49.4 Å². The van der Waals surface area contributed by atoms with Crippen molar-refractivity contribution in [2.75, 3.05) is 0 Å². The van der Waals surface area contributed by atoms with Crippen LogP contribution in [0.25, 0.3) is 0 Å². The first-order valence-corrected chi connectivity index (χ1v) is 6.24. The van der Waals surface area contributed by atoms with Gasteiger partial charge in [0.25, 0.3) is 5.91 Å². The Bertz CT molecular complexity index is 608. The van der Waals surface area contributed by atoms with Crippen LogP contribution in [-0.4, -0.2) is 12.0 Å². The molecule has 2 aromatic carbocycles. The standard InChI is InChI=1S/C16H15NO3/c1-12-7-5-6-10-14(12)15(18)17-16(19)20-11-13-8-3-2-4-9-13/h2-10H,11H2,1H3,(H,17,18,19). The SMILES string of the molecule is Cc1ccccc1C(=O)NC(=O)OCc1ccccc1. The van der Waals surface area contributed by atoms with Crippen LogP contribution in [0.1, 0.15) is 21.5 Å². The molecule has 0 aliphatic heterocycles. The summed E-state index contributed by atoms with van der Waals surface area (Å²) >= 11 is 0. The van der Waals surface area contributed by atoms with Crippen molar-refractivity contribution in [2.24, 2.45) is 0 Å². The quantitative estimate of drug-likeness (QED) is 0.931. The third kappa shape index (κ3) is 3.68. The van der Waals surface area contributed by atoms with E-state index in [9.17, 15) is 9.59 Å². The van der Waals surface area contributed by atoms with E-state index in [2.05, 4.69) is 5.32 Å². The lowest BCUT2D eigenvalue weighted by molar-refractivity contribution is 0.0912. The minimum atomic E-state index is -0.748. The number of aryl methyl sites for hydroxylation is 1. The molecule has 0 radical (unpaired) electrons. The smallest absolute Gasteiger partial charge is 0.414 e. The first-order valence-electron chi connectivity index (χ1n) is 6.24. The molecule has 0 aliphatic rings.